The Balaban J connectivity index is 1.54. The standard InChI is InChI=1S/C19H24N2O3S2/c1-14-4-3-5-16(12-14)13-20-19(22)17-8-10-21(11-9-17)26(23,24)18-7-6-15(2)25-18/h3-7,12,17H,8-11,13H2,1-2H3,(H,20,22). The van der Waals surface area contributed by atoms with Gasteiger partial charge in [0, 0.05) is 30.4 Å². The second kappa shape index (κ2) is 7.90. The first-order chi connectivity index (χ1) is 12.4. The van der Waals surface area contributed by atoms with E-state index < -0.39 is 10.0 Å². The van der Waals surface area contributed by atoms with Crippen LogP contribution in [0.25, 0.3) is 0 Å². The van der Waals surface area contributed by atoms with Crippen LogP contribution >= 0.6 is 11.3 Å². The highest BCUT2D eigenvalue weighted by Gasteiger charge is 2.32. The minimum Gasteiger partial charge on any atom is -0.352 e. The molecule has 5 nitrogen and oxygen atoms in total. The highest BCUT2D eigenvalue weighted by molar-refractivity contribution is 7.91. The Labute approximate surface area is 159 Å². The van der Waals surface area contributed by atoms with E-state index in [0.29, 0.717) is 36.7 Å². The fourth-order valence-electron chi connectivity index (χ4n) is 3.19. The number of carbonyl (C=O) groups is 1. The Morgan fingerprint density at radius 2 is 1.92 bits per heavy atom. The van der Waals surface area contributed by atoms with Crippen LogP contribution in [0.2, 0.25) is 0 Å². The summed E-state index contributed by atoms with van der Waals surface area (Å²) in [5.74, 6) is -0.119. The monoisotopic (exact) mass is 392 g/mol. The van der Waals surface area contributed by atoms with Crippen LogP contribution in [0.3, 0.4) is 0 Å². The average molecular weight is 393 g/mol. The van der Waals surface area contributed by atoms with Crippen molar-refractivity contribution in [2.75, 3.05) is 13.1 Å². The van der Waals surface area contributed by atoms with Gasteiger partial charge in [0.25, 0.3) is 10.0 Å². The van der Waals surface area contributed by atoms with Crippen LogP contribution < -0.4 is 5.32 Å². The Morgan fingerprint density at radius 3 is 2.54 bits per heavy atom. The third-order valence-electron chi connectivity index (χ3n) is 4.68. The number of carbonyl (C=O) groups excluding carboxylic acids is 1. The number of thiophene rings is 1. The molecule has 1 aromatic heterocycles. The van der Waals surface area contributed by atoms with Crippen LogP contribution in [0.1, 0.15) is 28.8 Å². The molecule has 1 aliphatic rings. The van der Waals surface area contributed by atoms with Gasteiger partial charge in [0.2, 0.25) is 5.91 Å². The first kappa shape index (κ1) is 19.1. The number of benzene rings is 1. The molecular weight excluding hydrogens is 368 g/mol. The molecular formula is C19H24N2O3S2. The lowest BCUT2D eigenvalue weighted by atomic mass is 9.97. The summed E-state index contributed by atoms with van der Waals surface area (Å²) in [5.41, 5.74) is 2.24. The van der Waals surface area contributed by atoms with Crippen LogP contribution in [-0.4, -0.2) is 31.7 Å². The molecule has 1 amide bonds. The number of amides is 1. The van der Waals surface area contributed by atoms with Gasteiger partial charge >= 0.3 is 0 Å². The van der Waals surface area contributed by atoms with Gasteiger partial charge in [-0.1, -0.05) is 29.8 Å². The zero-order valence-corrected chi connectivity index (χ0v) is 16.7. The van der Waals surface area contributed by atoms with E-state index in [1.807, 2.05) is 38.1 Å². The van der Waals surface area contributed by atoms with Crippen LogP contribution in [0.15, 0.2) is 40.6 Å². The summed E-state index contributed by atoms with van der Waals surface area (Å²) in [4.78, 5) is 13.4. The van der Waals surface area contributed by atoms with Gasteiger partial charge in [-0.2, -0.15) is 4.31 Å². The third kappa shape index (κ3) is 4.34. The molecule has 1 fully saturated rings. The van der Waals surface area contributed by atoms with E-state index in [0.717, 1.165) is 10.4 Å². The molecule has 7 heteroatoms. The summed E-state index contributed by atoms with van der Waals surface area (Å²) < 4.78 is 27.2. The number of hydrogen-bond donors (Lipinski definition) is 1. The molecule has 0 unspecified atom stereocenters. The number of sulfonamides is 1. The maximum atomic E-state index is 12.7. The maximum absolute atomic E-state index is 12.7. The molecule has 1 saturated heterocycles. The first-order valence-electron chi connectivity index (χ1n) is 8.76. The van der Waals surface area contributed by atoms with Gasteiger partial charge in [0.1, 0.15) is 4.21 Å². The second-order valence-corrected chi connectivity index (χ2v) is 10.2. The Bertz CT molecular complexity index is 882. The normalized spacial score (nSPS) is 16.5. The molecule has 1 N–H and O–H groups in total. The second-order valence-electron chi connectivity index (χ2n) is 6.75. The Morgan fingerprint density at radius 1 is 1.19 bits per heavy atom. The highest BCUT2D eigenvalue weighted by atomic mass is 32.2. The summed E-state index contributed by atoms with van der Waals surface area (Å²) in [5, 5.41) is 2.98. The Hall–Kier alpha value is -1.70. The highest BCUT2D eigenvalue weighted by Crippen LogP contribution is 2.28. The molecule has 3 rings (SSSR count). The molecule has 140 valence electrons. The number of rotatable bonds is 5. The van der Waals surface area contributed by atoms with Crippen molar-refractivity contribution in [1.29, 1.82) is 0 Å². The summed E-state index contributed by atoms with van der Waals surface area (Å²) in [6.07, 6.45) is 1.12. The zero-order valence-electron chi connectivity index (χ0n) is 15.1. The van der Waals surface area contributed by atoms with Crippen molar-refractivity contribution in [1.82, 2.24) is 9.62 Å². The molecule has 0 atom stereocenters. The van der Waals surface area contributed by atoms with E-state index in [-0.39, 0.29) is 11.8 Å². The molecule has 0 saturated carbocycles. The number of hydrogen-bond acceptors (Lipinski definition) is 4. The fraction of sp³-hybridized carbons (Fsp3) is 0.421. The lowest BCUT2D eigenvalue weighted by Crippen LogP contribution is -2.42. The van der Waals surface area contributed by atoms with Crippen LogP contribution in [0.4, 0.5) is 0 Å². The lowest BCUT2D eigenvalue weighted by molar-refractivity contribution is -0.126. The topological polar surface area (TPSA) is 66.5 Å². The maximum Gasteiger partial charge on any atom is 0.252 e. The quantitative estimate of drug-likeness (QED) is 0.850. The van der Waals surface area contributed by atoms with Gasteiger partial charge in [-0.15, -0.1) is 11.3 Å². The van der Waals surface area contributed by atoms with Crippen molar-refractivity contribution in [3.05, 3.63) is 52.4 Å². The first-order valence-corrected chi connectivity index (χ1v) is 11.0. The van der Waals surface area contributed by atoms with Crippen molar-refractivity contribution in [2.45, 2.75) is 37.4 Å². The summed E-state index contributed by atoms with van der Waals surface area (Å²) in [6, 6.07) is 11.5. The summed E-state index contributed by atoms with van der Waals surface area (Å²) in [7, 11) is -3.43. The molecule has 0 aliphatic carbocycles. The van der Waals surface area contributed by atoms with E-state index >= 15 is 0 Å². The van der Waals surface area contributed by atoms with Gasteiger partial charge in [-0.3, -0.25) is 4.79 Å². The number of nitrogens with zero attached hydrogens (tertiary/aromatic N) is 1. The van der Waals surface area contributed by atoms with Gasteiger partial charge in [0.15, 0.2) is 0 Å². The predicted octanol–water partition coefficient (Wildman–Crippen LogP) is 3.08. The lowest BCUT2D eigenvalue weighted by Gasteiger charge is -2.30. The van der Waals surface area contributed by atoms with Crippen molar-refractivity contribution in [3.8, 4) is 0 Å². The third-order valence-corrected chi connectivity index (χ3v) is 8.05. The molecule has 0 bridgehead atoms. The number of nitrogens with one attached hydrogen (secondary N) is 1. The van der Waals surface area contributed by atoms with E-state index in [4.69, 9.17) is 0 Å². The molecule has 1 aromatic carbocycles. The smallest absolute Gasteiger partial charge is 0.252 e. The van der Waals surface area contributed by atoms with E-state index in [2.05, 4.69) is 11.4 Å². The zero-order chi connectivity index (χ0) is 18.7. The van der Waals surface area contributed by atoms with Gasteiger partial charge in [-0.05, 0) is 44.4 Å². The van der Waals surface area contributed by atoms with Crippen LogP contribution in [0.5, 0.6) is 0 Å². The molecule has 2 aromatic rings. The SMILES string of the molecule is Cc1cccc(CNC(=O)C2CCN(S(=O)(=O)c3ccc(C)s3)CC2)c1. The Kier molecular flexibility index (Phi) is 5.79. The number of aryl methyl sites for hydroxylation is 2. The molecule has 0 spiro atoms. The van der Waals surface area contributed by atoms with Crippen molar-refractivity contribution < 1.29 is 13.2 Å². The molecule has 26 heavy (non-hydrogen) atoms. The molecule has 1 aliphatic heterocycles. The van der Waals surface area contributed by atoms with Crippen LogP contribution in [-0.2, 0) is 21.4 Å². The molecule has 0 radical (unpaired) electrons. The minimum absolute atomic E-state index is 0.00974. The van der Waals surface area contributed by atoms with E-state index in [9.17, 15) is 13.2 Å². The van der Waals surface area contributed by atoms with Crippen molar-refractivity contribution >= 4 is 27.3 Å². The van der Waals surface area contributed by atoms with Crippen LogP contribution in [0, 0.1) is 19.8 Å². The van der Waals surface area contributed by atoms with E-state index in [1.54, 1.807) is 6.07 Å². The van der Waals surface area contributed by atoms with Crippen molar-refractivity contribution in [3.63, 3.8) is 0 Å². The number of piperidine rings is 1. The summed E-state index contributed by atoms with van der Waals surface area (Å²) in [6.45, 7) is 5.21. The largest absolute Gasteiger partial charge is 0.352 e. The van der Waals surface area contributed by atoms with Gasteiger partial charge in [0.05, 0.1) is 0 Å². The average Bonchev–Trinajstić information content (AvgIpc) is 3.07. The van der Waals surface area contributed by atoms with E-state index in [1.165, 1.54) is 21.2 Å². The minimum atomic E-state index is -3.43. The fourth-order valence-corrected chi connectivity index (χ4v) is 6.10. The van der Waals surface area contributed by atoms with Gasteiger partial charge < -0.3 is 5.32 Å². The van der Waals surface area contributed by atoms with Crippen molar-refractivity contribution in [2.24, 2.45) is 5.92 Å². The predicted molar refractivity (Wildman–Crippen MR) is 104 cm³/mol. The summed E-state index contributed by atoms with van der Waals surface area (Å²) >= 11 is 1.29. The molecule has 2 heterocycles. The van der Waals surface area contributed by atoms with Gasteiger partial charge in [-0.25, -0.2) is 8.42 Å².